The number of rotatable bonds is 4. The molecule has 2 N–H and O–H groups in total. The van der Waals surface area contributed by atoms with E-state index < -0.39 is 0 Å². The summed E-state index contributed by atoms with van der Waals surface area (Å²) in [5.41, 5.74) is 1.32. The molecule has 2 aliphatic heterocycles. The maximum atomic E-state index is 9.31. The van der Waals surface area contributed by atoms with Crippen LogP contribution in [0.25, 0.3) is 0 Å². The number of fused-ring (bicyclic) bond motifs is 1. The lowest BCUT2D eigenvalue weighted by Gasteiger charge is -2.25. The van der Waals surface area contributed by atoms with E-state index in [9.17, 15) is 5.11 Å². The van der Waals surface area contributed by atoms with Crippen LogP contribution in [0.5, 0.6) is 5.75 Å². The minimum Gasteiger partial charge on any atom is -0.508 e. The Labute approximate surface area is 122 Å². The Kier molecular flexibility index (Phi) is 4.27. The number of aryl methyl sites for hydroxylation is 1. The monoisotopic (exact) mass is 274 g/mol. The average Bonchev–Trinajstić information content (AvgIpc) is 2.90. The molecule has 2 aliphatic rings. The second kappa shape index (κ2) is 6.15. The topological polar surface area (TPSA) is 35.5 Å². The molecule has 0 aliphatic carbocycles. The number of benzene rings is 1. The summed E-state index contributed by atoms with van der Waals surface area (Å²) in [5, 5.41) is 13.0. The molecule has 0 spiro atoms. The van der Waals surface area contributed by atoms with Crippen molar-refractivity contribution < 1.29 is 5.11 Å². The molecule has 1 aromatic carbocycles. The first-order chi connectivity index (χ1) is 9.72. The van der Waals surface area contributed by atoms with Gasteiger partial charge in [-0.25, -0.2) is 0 Å². The summed E-state index contributed by atoms with van der Waals surface area (Å²) in [6.07, 6.45) is 5.04. The van der Waals surface area contributed by atoms with Gasteiger partial charge >= 0.3 is 0 Å². The highest BCUT2D eigenvalue weighted by molar-refractivity contribution is 5.25. The predicted octanol–water partition coefficient (Wildman–Crippen LogP) is 2.40. The van der Waals surface area contributed by atoms with Crippen LogP contribution in [0.1, 0.15) is 31.7 Å². The summed E-state index contributed by atoms with van der Waals surface area (Å²) in [4.78, 5) is 2.66. The molecule has 0 aromatic heterocycles. The van der Waals surface area contributed by atoms with Gasteiger partial charge < -0.3 is 10.4 Å². The van der Waals surface area contributed by atoms with Gasteiger partial charge in [-0.2, -0.15) is 0 Å². The zero-order valence-electron chi connectivity index (χ0n) is 12.4. The quantitative estimate of drug-likeness (QED) is 0.885. The molecule has 110 valence electrons. The lowest BCUT2D eigenvalue weighted by atomic mass is 9.94. The molecule has 2 saturated heterocycles. The molecule has 3 rings (SSSR count). The fourth-order valence-corrected chi connectivity index (χ4v) is 3.66. The standard InChI is InChI=1S/C17H26N2O/c1-13(4-5-14-6-8-16(20)9-7-14)19-11-15-3-2-10-18-17(15)12-19/h6-9,13,15,17-18,20H,2-5,10-12H2,1H3/t13?,15-,17+/m0/s1. The molecule has 20 heavy (non-hydrogen) atoms. The smallest absolute Gasteiger partial charge is 0.115 e. The Morgan fingerprint density at radius 1 is 1.30 bits per heavy atom. The molecule has 0 saturated carbocycles. The first kappa shape index (κ1) is 13.9. The zero-order valence-corrected chi connectivity index (χ0v) is 12.4. The van der Waals surface area contributed by atoms with Crippen molar-refractivity contribution in [2.45, 2.75) is 44.7 Å². The van der Waals surface area contributed by atoms with Crippen molar-refractivity contribution >= 4 is 0 Å². The van der Waals surface area contributed by atoms with Crippen LogP contribution in [0.2, 0.25) is 0 Å². The first-order valence-electron chi connectivity index (χ1n) is 7.98. The number of piperidine rings is 1. The normalized spacial score (nSPS) is 28.2. The van der Waals surface area contributed by atoms with Gasteiger partial charge in [0, 0.05) is 25.2 Å². The lowest BCUT2D eigenvalue weighted by Crippen LogP contribution is -2.41. The zero-order chi connectivity index (χ0) is 13.9. The van der Waals surface area contributed by atoms with Gasteiger partial charge in [0.15, 0.2) is 0 Å². The second-order valence-corrected chi connectivity index (χ2v) is 6.47. The summed E-state index contributed by atoms with van der Waals surface area (Å²) in [7, 11) is 0. The summed E-state index contributed by atoms with van der Waals surface area (Å²) in [6.45, 7) is 6.06. The molecular weight excluding hydrogens is 248 g/mol. The third-order valence-electron chi connectivity index (χ3n) is 5.04. The third-order valence-corrected chi connectivity index (χ3v) is 5.04. The van der Waals surface area contributed by atoms with Gasteiger partial charge in [-0.15, -0.1) is 0 Å². The van der Waals surface area contributed by atoms with E-state index in [4.69, 9.17) is 0 Å². The van der Waals surface area contributed by atoms with Crippen LogP contribution < -0.4 is 5.32 Å². The maximum absolute atomic E-state index is 9.31. The van der Waals surface area contributed by atoms with Crippen molar-refractivity contribution in [3.63, 3.8) is 0 Å². The summed E-state index contributed by atoms with van der Waals surface area (Å²) < 4.78 is 0. The number of nitrogens with one attached hydrogen (secondary N) is 1. The van der Waals surface area contributed by atoms with E-state index in [1.807, 2.05) is 12.1 Å². The number of hydrogen-bond acceptors (Lipinski definition) is 3. The Bertz CT molecular complexity index is 417. The molecular formula is C17H26N2O. The van der Waals surface area contributed by atoms with E-state index in [-0.39, 0.29) is 0 Å². The highest BCUT2D eigenvalue weighted by atomic mass is 16.3. The Balaban J connectivity index is 1.49. The Morgan fingerprint density at radius 3 is 2.85 bits per heavy atom. The molecule has 2 heterocycles. The van der Waals surface area contributed by atoms with Gasteiger partial charge in [0.1, 0.15) is 5.75 Å². The fraction of sp³-hybridized carbons (Fsp3) is 0.647. The van der Waals surface area contributed by atoms with E-state index in [1.54, 1.807) is 12.1 Å². The van der Waals surface area contributed by atoms with Crippen LogP contribution in [0, 0.1) is 5.92 Å². The van der Waals surface area contributed by atoms with E-state index in [1.165, 1.54) is 44.5 Å². The third kappa shape index (κ3) is 3.15. The van der Waals surface area contributed by atoms with Crippen LogP contribution in [0.15, 0.2) is 24.3 Å². The van der Waals surface area contributed by atoms with Gasteiger partial charge in [0.05, 0.1) is 0 Å². The van der Waals surface area contributed by atoms with Gasteiger partial charge in [0.25, 0.3) is 0 Å². The van der Waals surface area contributed by atoms with Crippen LogP contribution in [-0.2, 0) is 6.42 Å². The van der Waals surface area contributed by atoms with E-state index >= 15 is 0 Å². The number of hydrogen-bond donors (Lipinski definition) is 2. The summed E-state index contributed by atoms with van der Waals surface area (Å²) in [5.74, 6) is 1.23. The minimum atomic E-state index is 0.358. The molecule has 0 bridgehead atoms. The number of nitrogens with zero attached hydrogens (tertiary/aromatic N) is 1. The van der Waals surface area contributed by atoms with Crippen LogP contribution in [0.4, 0.5) is 0 Å². The van der Waals surface area contributed by atoms with Crippen LogP contribution in [-0.4, -0.2) is 41.7 Å². The minimum absolute atomic E-state index is 0.358. The second-order valence-electron chi connectivity index (χ2n) is 6.47. The van der Waals surface area contributed by atoms with E-state index in [2.05, 4.69) is 17.1 Å². The van der Waals surface area contributed by atoms with Crippen LogP contribution >= 0.6 is 0 Å². The predicted molar refractivity (Wildman–Crippen MR) is 82.0 cm³/mol. The largest absolute Gasteiger partial charge is 0.508 e. The van der Waals surface area contributed by atoms with Crippen molar-refractivity contribution in [1.82, 2.24) is 10.2 Å². The fourth-order valence-electron chi connectivity index (χ4n) is 3.66. The summed E-state index contributed by atoms with van der Waals surface area (Å²) in [6, 6.07) is 9.03. The molecule has 3 nitrogen and oxygen atoms in total. The highest BCUT2D eigenvalue weighted by Gasteiger charge is 2.35. The number of likely N-dealkylation sites (tertiary alicyclic amines) is 1. The van der Waals surface area contributed by atoms with Gasteiger partial charge in [-0.05, 0) is 62.8 Å². The number of phenolic OH excluding ortho intramolecular Hbond substituents is 1. The first-order valence-corrected chi connectivity index (χ1v) is 7.98. The number of phenols is 1. The molecule has 3 heteroatoms. The molecule has 0 radical (unpaired) electrons. The van der Waals surface area contributed by atoms with Crippen molar-refractivity contribution in [2.24, 2.45) is 5.92 Å². The SMILES string of the molecule is CC(CCc1ccc(O)cc1)N1C[C@@H]2CCCN[C@@H]2C1. The van der Waals surface area contributed by atoms with Gasteiger partial charge in [-0.3, -0.25) is 4.90 Å². The van der Waals surface area contributed by atoms with Crippen LogP contribution in [0.3, 0.4) is 0 Å². The average molecular weight is 274 g/mol. The van der Waals surface area contributed by atoms with Crippen molar-refractivity contribution in [3.05, 3.63) is 29.8 Å². The maximum Gasteiger partial charge on any atom is 0.115 e. The van der Waals surface area contributed by atoms with Crippen molar-refractivity contribution in [3.8, 4) is 5.75 Å². The lowest BCUT2D eigenvalue weighted by molar-refractivity contribution is 0.236. The summed E-state index contributed by atoms with van der Waals surface area (Å²) >= 11 is 0. The molecule has 1 aromatic rings. The molecule has 3 atom stereocenters. The van der Waals surface area contributed by atoms with Crippen molar-refractivity contribution in [1.29, 1.82) is 0 Å². The molecule has 1 unspecified atom stereocenters. The highest BCUT2D eigenvalue weighted by Crippen LogP contribution is 2.27. The van der Waals surface area contributed by atoms with E-state index in [0.29, 0.717) is 11.8 Å². The Hall–Kier alpha value is -1.06. The molecule has 0 amide bonds. The van der Waals surface area contributed by atoms with Crippen molar-refractivity contribution in [2.75, 3.05) is 19.6 Å². The molecule has 2 fully saturated rings. The van der Waals surface area contributed by atoms with Gasteiger partial charge in [-0.1, -0.05) is 12.1 Å². The Morgan fingerprint density at radius 2 is 2.10 bits per heavy atom. The number of aromatic hydroxyl groups is 1. The van der Waals surface area contributed by atoms with Gasteiger partial charge in [0.2, 0.25) is 0 Å². The van der Waals surface area contributed by atoms with E-state index in [0.717, 1.165) is 18.4 Å².